The lowest BCUT2D eigenvalue weighted by Gasteiger charge is -2.08. The van der Waals surface area contributed by atoms with Crippen LogP contribution in [0.3, 0.4) is 0 Å². The summed E-state index contributed by atoms with van der Waals surface area (Å²) in [5.41, 5.74) is 4.02. The van der Waals surface area contributed by atoms with Crippen LogP contribution in [0.15, 0.2) is 48.5 Å². The van der Waals surface area contributed by atoms with Crippen molar-refractivity contribution in [3.63, 3.8) is 0 Å². The number of ketones is 1. The fraction of sp³-hybridized carbons (Fsp3) is 0.217. The molecule has 0 saturated carbocycles. The number of aromatic amines is 1. The van der Waals surface area contributed by atoms with Crippen molar-refractivity contribution in [1.29, 1.82) is 0 Å². The average Bonchev–Trinajstić information content (AvgIpc) is 3.48. The maximum atomic E-state index is 12.0. The largest absolute Gasteiger partial charge is 0.291 e. The minimum Gasteiger partial charge on any atom is -0.291 e. The number of Topliss-reactive ketones (excluding diaryl/α,β-unsaturated/α-hetero) is 1. The Morgan fingerprint density at radius 1 is 1.13 bits per heavy atom. The molecular formula is C23H21N7O. The molecular weight excluding hydrogens is 390 g/mol. The quantitative estimate of drug-likeness (QED) is 0.352. The molecule has 8 nitrogen and oxygen atoms in total. The molecule has 4 rings (SSSR count). The van der Waals surface area contributed by atoms with Crippen LogP contribution in [0.4, 0.5) is 0 Å². The van der Waals surface area contributed by atoms with Crippen LogP contribution in [0.1, 0.15) is 41.8 Å². The van der Waals surface area contributed by atoms with Gasteiger partial charge in [0, 0.05) is 24.8 Å². The summed E-state index contributed by atoms with van der Waals surface area (Å²) >= 11 is 0. The zero-order valence-electron chi connectivity index (χ0n) is 17.1. The third-order valence-corrected chi connectivity index (χ3v) is 4.93. The molecule has 0 aliphatic rings. The van der Waals surface area contributed by atoms with E-state index < -0.39 is 0 Å². The van der Waals surface area contributed by atoms with E-state index in [4.69, 9.17) is 6.42 Å². The highest BCUT2D eigenvalue weighted by molar-refractivity contribution is 5.92. The van der Waals surface area contributed by atoms with Crippen LogP contribution in [0.2, 0.25) is 0 Å². The molecule has 2 heterocycles. The zero-order chi connectivity index (χ0) is 21.6. The van der Waals surface area contributed by atoms with Gasteiger partial charge in [-0.05, 0) is 21.9 Å². The summed E-state index contributed by atoms with van der Waals surface area (Å²) < 4.78 is 1.74. The van der Waals surface area contributed by atoms with E-state index in [1.165, 1.54) is 0 Å². The number of hydrogen-bond acceptors (Lipinski definition) is 6. The molecule has 31 heavy (non-hydrogen) atoms. The Morgan fingerprint density at radius 2 is 1.90 bits per heavy atom. The van der Waals surface area contributed by atoms with Gasteiger partial charge in [-0.15, -0.1) is 27.6 Å². The molecule has 0 spiro atoms. The van der Waals surface area contributed by atoms with E-state index in [-0.39, 0.29) is 11.6 Å². The van der Waals surface area contributed by atoms with Crippen molar-refractivity contribution < 1.29 is 4.79 Å². The van der Waals surface area contributed by atoms with E-state index >= 15 is 0 Å². The lowest BCUT2D eigenvalue weighted by atomic mass is 9.98. The van der Waals surface area contributed by atoms with E-state index in [1.807, 2.05) is 36.4 Å². The first-order valence-electron chi connectivity index (χ1n) is 10.0. The molecule has 0 fully saturated rings. The number of carbonyl (C=O) groups is 1. The summed E-state index contributed by atoms with van der Waals surface area (Å²) in [5.74, 6) is 4.07. The number of carbonyl (C=O) groups excluding carboxylic acids is 1. The Hall–Kier alpha value is -4.12. The highest BCUT2D eigenvalue weighted by atomic mass is 16.1. The summed E-state index contributed by atoms with van der Waals surface area (Å²) in [6.07, 6.45) is 6.85. The predicted octanol–water partition coefficient (Wildman–Crippen LogP) is 3.33. The molecule has 0 aliphatic carbocycles. The van der Waals surface area contributed by atoms with E-state index in [0.29, 0.717) is 31.6 Å². The van der Waals surface area contributed by atoms with E-state index in [0.717, 1.165) is 28.1 Å². The highest BCUT2D eigenvalue weighted by Crippen LogP contribution is 2.29. The van der Waals surface area contributed by atoms with Gasteiger partial charge < -0.3 is 0 Å². The third-order valence-electron chi connectivity index (χ3n) is 4.93. The Bertz CT molecular complexity index is 1220. The monoisotopic (exact) mass is 411 g/mol. The van der Waals surface area contributed by atoms with E-state index in [2.05, 4.69) is 48.8 Å². The fourth-order valence-electron chi connectivity index (χ4n) is 3.32. The summed E-state index contributed by atoms with van der Waals surface area (Å²) in [6, 6.07) is 16.1. The second-order valence-electron chi connectivity index (χ2n) is 6.96. The molecule has 4 aromatic rings. The van der Waals surface area contributed by atoms with Crippen LogP contribution in [0, 0.1) is 12.3 Å². The van der Waals surface area contributed by atoms with Gasteiger partial charge in [0.2, 0.25) is 17.4 Å². The number of terminal acetylenes is 1. The maximum absolute atomic E-state index is 12.0. The number of hydrogen-bond donors (Lipinski definition) is 1. The second-order valence-corrected chi connectivity index (χ2v) is 6.96. The van der Waals surface area contributed by atoms with Gasteiger partial charge in [-0.2, -0.15) is 5.21 Å². The summed E-state index contributed by atoms with van der Waals surface area (Å²) in [7, 11) is 0. The molecule has 0 saturated heterocycles. The third kappa shape index (κ3) is 4.41. The normalized spacial score (nSPS) is 10.7. The van der Waals surface area contributed by atoms with Gasteiger partial charge in [0.05, 0.1) is 6.54 Å². The maximum Gasteiger partial charge on any atom is 0.217 e. The first-order valence-corrected chi connectivity index (χ1v) is 10.0. The van der Waals surface area contributed by atoms with Crippen LogP contribution in [0.5, 0.6) is 0 Å². The predicted molar refractivity (Wildman–Crippen MR) is 116 cm³/mol. The summed E-state index contributed by atoms with van der Waals surface area (Å²) in [5, 5.41) is 18.7. The van der Waals surface area contributed by atoms with Gasteiger partial charge in [-0.1, -0.05) is 55.5 Å². The van der Waals surface area contributed by atoms with Crippen molar-refractivity contribution >= 4 is 5.78 Å². The zero-order valence-corrected chi connectivity index (χ0v) is 17.1. The fourth-order valence-corrected chi connectivity index (χ4v) is 3.32. The molecule has 0 amide bonds. The van der Waals surface area contributed by atoms with Crippen LogP contribution >= 0.6 is 0 Å². The molecule has 8 heteroatoms. The van der Waals surface area contributed by atoms with Crippen LogP contribution in [-0.4, -0.2) is 41.2 Å². The van der Waals surface area contributed by atoms with Gasteiger partial charge in [0.1, 0.15) is 5.82 Å². The van der Waals surface area contributed by atoms with Crippen LogP contribution in [-0.2, 0) is 13.0 Å². The lowest BCUT2D eigenvalue weighted by molar-refractivity contribution is 0.0978. The standard InChI is InChI=1S/C23H21N7O/c1-3-5-14-30-21(24-23(27-30)20(31)4-2)15-16-10-12-17(13-11-16)18-8-6-7-9-19(18)22-25-28-29-26-22/h1,6-13H,4-5,14-15H2,2H3,(H,25,26,28,29). The number of nitrogens with one attached hydrogen (secondary N) is 1. The number of rotatable bonds is 8. The Balaban J connectivity index is 1.60. The number of benzene rings is 2. The Kier molecular flexibility index (Phi) is 5.94. The topological polar surface area (TPSA) is 102 Å². The smallest absolute Gasteiger partial charge is 0.217 e. The van der Waals surface area contributed by atoms with Crippen LogP contribution < -0.4 is 0 Å². The number of aryl methyl sites for hydroxylation is 1. The molecule has 2 aromatic carbocycles. The Morgan fingerprint density at radius 3 is 2.58 bits per heavy atom. The van der Waals surface area contributed by atoms with Gasteiger partial charge in [0.25, 0.3) is 0 Å². The van der Waals surface area contributed by atoms with Crippen molar-refractivity contribution in [2.24, 2.45) is 0 Å². The SMILES string of the molecule is C#CCCn1nc(C(=O)CC)nc1Cc1ccc(-c2ccccc2-c2nn[nH]n2)cc1. The number of tetrazole rings is 1. The minimum atomic E-state index is -0.0749. The number of nitrogens with zero attached hydrogens (tertiary/aromatic N) is 6. The molecule has 0 radical (unpaired) electrons. The first-order chi connectivity index (χ1) is 15.2. The molecule has 0 bridgehead atoms. The van der Waals surface area contributed by atoms with E-state index in [9.17, 15) is 4.79 Å². The second kappa shape index (κ2) is 9.13. The number of aromatic nitrogens is 7. The van der Waals surface area contributed by atoms with Crippen molar-refractivity contribution in [3.05, 3.63) is 65.7 Å². The molecule has 0 unspecified atom stereocenters. The molecule has 0 atom stereocenters. The van der Waals surface area contributed by atoms with Gasteiger partial charge in [-0.3, -0.25) is 4.79 Å². The van der Waals surface area contributed by atoms with Crippen molar-refractivity contribution in [2.75, 3.05) is 0 Å². The van der Waals surface area contributed by atoms with Crippen molar-refractivity contribution in [2.45, 2.75) is 32.7 Å². The Labute approximate surface area is 179 Å². The number of H-pyrrole nitrogens is 1. The molecule has 2 aromatic heterocycles. The summed E-state index contributed by atoms with van der Waals surface area (Å²) in [6.45, 7) is 2.33. The first kappa shape index (κ1) is 20.2. The molecule has 154 valence electrons. The molecule has 0 aliphatic heterocycles. The van der Waals surface area contributed by atoms with E-state index in [1.54, 1.807) is 11.6 Å². The van der Waals surface area contributed by atoms with Crippen molar-refractivity contribution in [1.82, 2.24) is 35.4 Å². The van der Waals surface area contributed by atoms with Gasteiger partial charge in [-0.25, -0.2) is 9.67 Å². The van der Waals surface area contributed by atoms with Crippen molar-refractivity contribution in [3.8, 4) is 34.9 Å². The minimum absolute atomic E-state index is 0.0749. The summed E-state index contributed by atoms with van der Waals surface area (Å²) in [4.78, 5) is 16.5. The van der Waals surface area contributed by atoms with Crippen LogP contribution in [0.25, 0.3) is 22.5 Å². The molecule has 1 N–H and O–H groups in total. The lowest BCUT2D eigenvalue weighted by Crippen LogP contribution is -2.06. The average molecular weight is 411 g/mol. The van der Waals surface area contributed by atoms with Gasteiger partial charge >= 0.3 is 0 Å². The van der Waals surface area contributed by atoms with Gasteiger partial charge in [0.15, 0.2) is 0 Å². The highest BCUT2D eigenvalue weighted by Gasteiger charge is 2.16.